The zero-order valence-corrected chi connectivity index (χ0v) is 32.0. The number of fused-ring (bicyclic) bond motifs is 3. The molecule has 0 aliphatic heterocycles. The zero-order valence-electron chi connectivity index (χ0n) is 32.0. The van der Waals surface area contributed by atoms with Gasteiger partial charge in [-0.1, -0.05) is 104 Å². The Labute approximate surface area is 334 Å². The van der Waals surface area contributed by atoms with E-state index in [2.05, 4.69) is 185 Å². The first-order chi connectivity index (χ1) is 28.2. The number of allylic oxidation sites excluding steroid dienone is 8. The van der Waals surface area contributed by atoms with Crippen LogP contribution in [-0.4, -0.2) is 14.5 Å². The monoisotopic (exact) mass is 734 g/mol. The minimum absolute atomic E-state index is 0.938. The molecule has 8 aromatic rings. The van der Waals surface area contributed by atoms with E-state index in [1.807, 2.05) is 42.7 Å². The van der Waals surface area contributed by atoms with Gasteiger partial charge in [0, 0.05) is 57.7 Å². The molecule has 0 atom stereocenters. The van der Waals surface area contributed by atoms with Crippen molar-refractivity contribution in [2.24, 2.45) is 0 Å². The van der Waals surface area contributed by atoms with Crippen LogP contribution in [0.5, 0.6) is 0 Å². The van der Waals surface area contributed by atoms with Crippen LogP contribution in [0.25, 0.3) is 60.9 Å². The standard InChI is InChI=1S/C53H42N4/c1-3-44(27-24-38(2)51-23-13-14-33-55-51)56(46-28-25-40(26-29-46)42-20-15-32-54-37-42)47-30-31-52-49(36-47)50-35-43(39-16-7-4-8-17-39)34-48(41-18-9-5-10-19-41)53(50)57(52)45-21-11-6-12-22-45/h3-4,6-9,11-37H,1,5,10H2,2H3/b38-24+,44-27+. The number of pyridine rings is 2. The molecular weight excluding hydrogens is 693 g/mol. The van der Waals surface area contributed by atoms with Crippen LogP contribution in [0.2, 0.25) is 0 Å². The third-order valence-corrected chi connectivity index (χ3v) is 10.7. The Morgan fingerprint density at radius 1 is 0.667 bits per heavy atom. The summed E-state index contributed by atoms with van der Waals surface area (Å²) in [7, 11) is 0. The van der Waals surface area contributed by atoms with E-state index < -0.39 is 0 Å². The maximum Gasteiger partial charge on any atom is 0.0658 e. The van der Waals surface area contributed by atoms with Gasteiger partial charge in [0.1, 0.15) is 0 Å². The van der Waals surface area contributed by atoms with Crippen molar-refractivity contribution in [2.45, 2.75) is 19.8 Å². The Morgan fingerprint density at radius 2 is 1.42 bits per heavy atom. The second kappa shape index (κ2) is 15.8. The first-order valence-electron chi connectivity index (χ1n) is 19.5. The van der Waals surface area contributed by atoms with Crippen LogP contribution >= 0.6 is 0 Å². The number of hydrogen-bond donors (Lipinski definition) is 0. The quantitative estimate of drug-likeness (QED) is 0.131. The lowest BCUT2D eigenvalue weighted by Gasteiger charge is -2.27. The fourth-order valence-electron chi connectivity index (χ4n) is 7.86. The number of benzene rings is 5. The lowest BCUT2D eigenvalue weighted by Crippen LogP contribution is -2.15. The molecule has 1 aliphatic rings. The highest BCUT2D eigenvalue weighted by Crippen LogP contribution is 2.43. The molecule has 0 unspecified atom stereocenters. The van der Waals surface area contributed by atoms with Crippen LogP contribution in [0, 0.1) is 0 Å². The summed E-state index contributed by atoms with van der Waals surface area (Å²) in [6.07, 6.45) is 20.8. The fourth-order valence-corrected chi connectivity index (χ4v) is 7.86. The largest absolute Gasteiger partial charge is 0.311 e. The summed E-state index contributed by atoms with van der Waals surface area (Å²) < 4.78 is 2.44. The van der Waals surface area contributed by atoms with Crippen molar-refractivity contribution in [1.29, 1.82) is 0 Å². The van der Waals surface area contributed by atoms with E-state index in [1.54, 1.807) is 6.20 Å². The molecule has 0 spiro atoms. The summed E-state index contributed by atoms with van der Waals surface area (Å²) in [6, 6.07) is 51.8. The molecule has 0 N–H and O–H groups in total. The number of rotatable bonds is 10. The minimum atomic E-state index is 0.938. The van der Waals surface area contributed by atoms with Crippen molar-refractivity contribution in [3.05, 3.63) is 224 Å². The van der Waals surface area contributed by atoms with Gasteiger partial charge < -0.3 is 9.47 Å². The van der Waals surface area contributed by atoms with E-state index in [0.29, 0.717) is 0 Å². The van der Waals surface area contributed by atoms with E-state index in [9.17, 15) is 0 Å². The summed E-state index contributed by atoms with van der Waals surface area (Å²) in [6.45, 7) is 6.43. The highest BCUT2D eigenvalue weighted by molar-refractivity contribution is 6.15. The molecule has 0 fully saturated rings. The van der Waals surface area contributed by atoms with Crippen LogP contribution in [0.3, 0.4) is 0 Å². The molecule has 1 aliphatic carbocycles. The topological polar surface area (TPSA) is 34.0 Å². The number of nitrogens with zero attached hydrogens (tertiary/aromatic N) is 4. The Kier molecular flexibility index (Phi) is 9.82. The average Bonchev–Trinajstić information content (AvgIpc) is 3.62. The summed E-state index contributed by atoms with van der Waals surface area (Å²) in [5.74, 6) is 0. The fraction of sp³-hybridized carbons (Fsp3) is 0.0566. The molecule has 57 heavy (non-hydrogen) atoms. The van der Waals surface area contributed by atoms with E-state index in [1.165, 1.54) is 38.6 Å². The molecule has 4 nitrogen and oxygen atoms in total. The predicted molar refractivity (Wildman–Crippen MR) is 241 cm³/mol. The van der Waals surface area contributed by atoms with Gasteiger partial charge in [-0.25, -0.2) is 0 Å². The van der Waals surface area contributed by atoms with Crippen molar-refractivity contribution >= 4 is 44.3 Å². The van der Waals surface area contributed by atoms with Crippen LogP contribution in [0.4, 0.5) is 11.4 Å². The van der Waals surface area contributed by atoms with Gasteiger partial charge in [0.25, 0.3) is 0 Å². The summed E-state index contributed by atoms with van der Waals surface area (Å²) in [5.41, 5.74) is 15.5. The highest BCUT2D eigenvalue weighted by atomic mass is 15.1. The molecule has 0 saturated carbocycles. The van der Waals surface area contributed by atoms with Gasteiger partial charge in [-0.05, 0) is 138 Å². The van der Waals surface area contributed by atoms with Crippen molar-refractivity contribution in [3.8, 4) is 27.9 Å². The summed E-state index contributed by atoms with van der Waals surface area (Å²) in [5, 5.41) is 2.38. The first-order valence-corrected chi connectivity index (χ1v) is 19.5. The molecule has 9 rings (SSSR count). The first kappa shape index (κ1) is 35.4. The molecule has 3 aromatic heterocycles. The second-order valence-corrected chi connectivity index (χ2v) is 14.3. The predicted octanol–water partition coefficient (Wildman–Crippen LogP) is 14.0. The summed E-state index contributed by atoms with van der Waals surface area (Å²) in [4.78, 5) is 11.2. The average molecular weight is 735 g/mol. The lowest BCUT2D eigenvalue weighted by atomic mass is 9.93. The van der Waals surface area contributed by atoms with Gasteiger partial charge in [-0.15, -0.1) is 0 Å². The number of aromatic nitrogens is 3. The maximum atomic E-state index is 4.59. The Balaban J connectivity index is 1.30. The van der Waals surface area contributed by atoms with E-state index in [0.717, 1.165) is 63.5 Å². The molecule has 4 heteroatoms. The van der Waals surface area contributed by atoms with Gasteiger partial charge >= 0.3 is 0 Å². The Morgan fingerprint density at radius 3 is 2.14 bits per heavy atom. The number of hydrogen-bond acceptors (Lipinski definition) is 3. The lowest BCUT2D eigenvalue weighted by molar-refractivity contribution is 1.04. The van der Waals surface area contributed by atoms with Crippen molar-refractivity contribution in [1.82, 2.24) is 14.5 Å². The SMILES string of the molecule is C=C/C(=C\C=C(/C)c1ccccn1)N(c1ccc(-c2cccnc2)cc1)c1ccc2c(c1)c1cc(-c3ccccc3)cc(C3=CCCC=C3)c1n2-c1ccccc1. The normalized spacial score (nSPS) is 13.2. The smallest absolute Gasteiger partial charge is 0.0658 e. The van der Waals surface area contributed by atoms with Gasteiger partial charge in [0.2, 0.25) is 0 Å². The zero-order chi connectivity index (χ0) is 38.6. The van der Waals surface area contributed by atoms with Crippen LogP contribution in [-0.2, 0) is 0 Å². The van der Waals surface area contributed by atoms with Crippen molar-refractivity contribution < 1.29 is 0 Å². The highest BCUT2D eigenvalue weighted by Gasteiger charge is 2.22. The van der Waals surface area contributed by atoms with Crippen LogP contribution < -0.4 is 4.90 Å². The molecule has 0 bridgehead atoms. The third-order valence-electron chi connectivity index (χ3n) is 10.7. The van der Waals surface area contributed by atoms with Gasteiger partial charge in [0.05, 0.1) is 16.7 Å². The van der Waals surface area contributed by atoms with E-state index >= 15 is 0 Å². The van der Waals surface area contributed by atoms with E-state index in [4.69, 9.17) is 0 Å². The third kappa shape index (κ3) is 7.05. The van der Waals surface area contributed by atoms with Crippen LogP contribution in [0.1, 0.15) is 31.0 Å². The van der Waals surface area contributed by atoms with Crippen LogP contribution in [0.15, 0.2) is 213 Å². The van der Waals surface area contributed by atoms with E-state index in [-0.39, 0.29) is 0 Å². The molecule has 5 aromatic carbocycles. The molecule has 274 valence electrons. The molecule has 0 radical (unpaired) electrons. The van der Waals surface area contributed by atoms with Gasteiger partial charge in [0.15, 0.2) is 0 Å². The number of para-hydroxylation sites is 1. The van der Waals surface area contributed by atoms with Gasteiger partial charge in [-0.3, -0.25) is 9.97 Å². The van der Waals surface area contributed by atoms with Gasteiger partial charge in [-0.2, -0.15) is 0 Å². The Bertz CT molecular complexity index is 2830. The number of anilines is 2. The second-order valence-electron chi connectivity index (χ2n) is 14.3. The molecule has 0 amide bonds. The molecule has 3 heterocycles. The van der Waals surface area contributed by atoms with Crippen molar-refractivity contribution in [2.75, 3.05) is 4.90 Å². The maximum absolute atomic E-state index is 4.59. The molecular formula is C53H42N4. The van der Waals surface area contributed by atoms with Crippen molar-refractivity contribution in [3.63, 3.8) is 0 Å². The minimum Gasteiger partial charge on any atom is -0.311 e. The molecule has 0 saturated heterocycles. The Hall–Kier alpha value is -7.30. The summed E-state index contributed by atoms with van der Waals surface area (Å²) >= 11 is 0.